The number of carbonyl (C=O) groups excluding carboxylic acids is 1. The molecule has 7 nitrogen and oxygen atoms in total. The predicted molar refractivity (Wildman–Crippen MR) is 116 cm³/mol. The Morgan fingerprint density at radius 2 is 1.86 bits per heavy atom. The SMILES string of the molecule is CCCOc1ccc(CN=C(NCC)NCC(=O)NCC)c(OC(F)F)c1.I. The van der Waals surface area contributed by atoms with E-state index in [1.807, 2.05) is 20.8 Å². The Balaban J connectivity index is 0.00000729. The molecule has 0 aromatic heterocycles. The summed E-state index contributed by atoms with van der Waals surface area (Å²) in [6.45, 7) is 4.49. The van der Waals surface area contributed by atoms with Crippen molar-refractivity contribution in [2.75, 3.05) is 26.2 Å². The van der Waals surface area contributed by atoms with Gasteiger partial charge in [-0.05, 0) is 32.4 Å². The number of alkyl halides is 2. The van der Waals surface area contributed by atoms with E-state index in [1.54, 1.807) is 12.1 Å². The Hall–Kier alpha value is -1.85. The van der Waals surface area contributed by atoms with Gasteiger partial charge in [0, 0.05) is 24.7 Å². The Morgan fingerprint density at radius 3 is 2.46 bits per heavy atom. The molecule has 28 heavy (non-hydrogen) atoms. The highest BCUT2D eigenvalue weighted by Gasteiger charge is 2.12. The molecule has 0 aliphatic rings. The van der Waals surface area contributed by atoms with E-state index in [1.165, 1.54) is 6.07 Å². The Kier molecular flexibility index (Phi) is 14.1. The molecule has 160 valence electrons. The zero-order valence-electron chi connectivity index (χ0n) is 16.4. The minimum Gasteiger partial charge on any atom is -0.493 e. The van der Waals surface area contributed by atoms with Crippen molar-refractivity contribution >= 4 is 35.8 Å². The first kappa shape index (κ1) is 26.1. The van der Waals surface area contributed by atoms with E-state index < -0.39 is 6.61 Å². The second-order valence-electron chi connectivity index (χ2n) is 5.50. The number of nitrogens with zero attached hydrogens (tertiary/aromatic N) is 1. The fraction of sp³-hybridized carbons (Fsp3) is 0.556. The molecule has 0 saturated carbocycles. The summed E-state index contributed by atoms with van der Waals surface area (Å²) in [7, 11) is 0. The van der Waals surface area contributed by atoms with Gasteiger partial charge in [0.05, 0.1) is 19.7 Å². The average Bonchev–Trinajstić information content (AvgIpc) is 2.63. The third kappa shape index (κ3) is 10.5. The van der Waals surface area contributed by atoms with E-state index in [0.29, 0.717) is 37.0 Å². The third-order valence-electron chi connectivity index (χ3n) is 3.27. The van der Waals surface area contributed by atoms with Crippen molar-refractivity contribution in [3.8, 4) is 11.5 Å². The molecule has 0 radical (unpaired) electrons. The lowest BCUT2D eigenvalue weighted by Gasteiger charge is -2.14. The van der Waals surface area contributed by atoms with Gasteiger partial charge >= 0.3 is 6.61 Å². The van der Waals surface area contributed by atoms with Gasteiger partial charge in [-0.15, -0.1) is 24.0 Å². The van der Waals surface area contributed by atoms with E-state index in [9.17, 15) is 13.6 Å². The lowest BCUT2D eigenvalue weighted by molar-refractivity contribution is -0.119. The van der Waals surface area contributed by atoms with Crippen LogP contribution in [0.2, 0.25) is 0 Å². The average molecular weight is 514 g/mol. The van der Waals surface area contributed by atoms with Crippen LogP contribution in [0.15, 0.2) is 23.2 Å². The van der Waals surface area contributed by atoms with Crippen molar-refractivity contribution in [1.29, 1.82) is 0 Å². The van der Waals surface area contributed by atoms with Gasteiger partial charge in [0.2, 0.25) is 5.91 Å². The number of rotatable bonds is 11. The second-order valence-corrected chi connectivity index (χ2v) is 5.50. The number of guanidine groups is 1. The van der Waals surface area contributed by atoms with Gasteiger partial charge in [-0.25, -0.2) is 4.99 Å². The quantitative estimate of drug-likeness (QED) is 0.240. The molecule has 1 aromatic rings. The van der Waals surface area contributed by atoms with Crippen LogP contribution in [-0.2, 0) is 11.3 Å². The number of aliphatic imine (C=N–C) groups is 1. The summed E-state index contributed by atoms with van der Waals surface area (Å²) in [5.41, 5.74) is 0.481. The van der Waals surface area contributed by atoms with Crippen LogP contribution in [0.3, 0.4) is 0 Å². The molecule has 1 rings (SSSR count). The Bertz CT molecular complexity index is 618. The summed E-state index contributed by atoms with van der Waals surface area (Å²) in [6, 6.07) is 4.76. The maximum atomic E-state index is 12.7. The van der Waals surface area contributed by atoms with E-state index in [4.69, 9.17) is 4.74 Å². The van der Waals surface area contributed by atoms with Gasteiger partial charge in [0.25, 0.3) is 0 Å². The van der Waals surface area contributed by atoms with Gasteiger partial charge in [-0.2, -0.15) is 8.78 Å². The van der Waals surface area contributed by atoms with Crippen LogP contribution in [0.5, 0.6) is 11.5 Å². The highest BCUT2D eigenvalue weighted by Crippen LogP contribution is 2.27. The van der Waals surface area contributed by atoms with E-state index >= 15 is 0 Å². The minimum absolute atomic E-state index is 0. The van der Waals surface area contributed by atoms with Crippen molar-refractivity contribution in [2.24, 2.45) is 4.99 Å². The standard InChI is InChI=1S/C18H28F2N4O3.HI/c1-4-9-26-14-8-7-13(15(10-14)27-17(19)20)11-23-18(22-6-3)24-12-16(25)21-5-2;/h7-8,10,17H,4-6,9,11-12H2,1-3H3,(H,21,25)(H2,22,23,24);1H. The predicted octanol–water partition coefficient (Wildman–Crippen LogP) is 2.89. The van der Waals surface area contributed by atoms with Crippen LogP contribution >= 0.6 is 24.0 Å². The molecule has 0 fully saturated rings. The number of amides is 1. The molecule has 1 aromatic carbocycles. The van der Waals surface area contributed by atoms with Crippen LogP contribution in [-0.4, -0.2) is 44.7 Å². The zero-order chi connectivity index (χ0) is 20.1. The zero-order valence-corrected chi connectivity index (χ0v) is 18.7. The van der Waals surface area contributed by atoms with Gasteiger partial charge < -0.3 is 25.4 Å². The van der Waals surface area contributed by atoms with Gasteiger partial charge in [0.1, 0.15) is 11.5 Å². The summed E-state index contributed by atoms with van der Waals surface area (Å²) in [5, 5.41) is 8.55. The summed E-state index contributed by atoms with van der Waals surface area (Å²) in [5.74, 6) is 0.712. The van der Waals surface area contributed by atoms with Crippen LogP contribution in [0.1, 0.15) is 32.8 Å². The number of hydrogen-bond donors (Lipinski definition) is 3. The summed E-state index contributed by atoms with van der Waals surface area (Å²) in [6.07, 6.45) is 0.806. The molecule has 0 bridgehead atoms. The van der Waals surface area contributed by atoms with E-state index in [2.05, 4.69) is 25.7 Å². The number of likely N-dealkylation sites (N-methyl/N-ethyl adjacent to an activating group) is 1. The van der Waals surface area contributed by atoms with Crippen LogP contribution in [0, 0.1) is 0 Å². The maximum absolute atomic E-state index is 12.7. The number of halogens is 3. The molecule has 0 atom stereocenters. The first-order valence-corrected chi connectivity index (χ1v) is 8.99. The van der Waals surface area contributed by atoms with Crippen LogP contribution < -0.4 is 25.4 Å². The van der Waals surface area contributed by atoms with Crippen molar-refractivity contribution in [3.63, 3.8) is 0 Å². The second kappa shape index (κ2) is 15.1. The number of hydrogen-bond acceptors (Lipinski definition) is 4. The fourth-order valence-electron chi connectivity index (χ4n) is 2.11. The van der Waals surface area contributed by atoms with Crippen molar-refractivity contribution in [2.45, 2.75) is 40.3 Å². The van der Waals surface area contributed by atoms with Crippen molar-refractivity contribution in [3.05, 3.63) is 23.8 Å². The number of nitrogens with one attached hydrogen (secondary N) is 3. The third-order valence-corrected chi connectivity index (χ3v) is 3.27. The fourth-order valence-corrected chi connectivity index (χ4v) is 2.11. The lowest BCUT2D eigenvalue weighted by Crippen LogP contribution is -2.43. The van der Waals surface area contributed by atoms with Gasteiger partial charge in [0.15, 0.2) is 5.96 Å². The topological polar surface area (TPSA) is 84.0 Å². The molecular weight excluding hydrogens is 485 g/mol. The molecule has 0 unspecified atom stereocenters. The van der Waals surface area contributed by atoms with Crippen LogP contribution in [0.25, 0.3) is 0 Å². The number of benzene rings is 1. The van der Waals surface area contributed by atoms with Crippen molar-refractivity contribution in [1.82, 2.24) is 16.0 Å². The maximum Gasteiger partial charge on any atom is 0.387 e. The molecule has 0 aliphatic heterocycles. The largest absolute Gasteiger partial charge is 0.493 e. The normalized spacial score (nSPS) is 10.9. The smallest absolute Gasteiger partial charge is 0.387 e. The molecule has 1 amide bonds. The highest BCUT2D eigenvalue weighted by molar-refractivity contribution is 14.0. The minimum atomic E-state index is -2.95. The summed E-state index contributed by atoms with van der Waals surface area (Å²) >= 11 is 0. The molecule has 0 heterocycles. The highest BCUT2D eigenvalue weighted by atomic mass is 127. The molecule has 0 saturated heterocycles. The molecule has 3 N–H and O–H groups in total. The monoisotopic (exact) mass is 514 g/mol. The van der Waals surface area contributed by atoms with Crippen molar-refractivity contribution < 1.29 is 23.0 Å². The molecule has 10 heteroatoms. The molecule has 0 spiro atoms. The van der Waals surface area contributed by atoms with E-state index in [0.717, 1.165) is 6.42 Å². The van der Waals surface area contributed by atoms with Gasteiger partial charge in [-0.3, -0.25) is 4.79 Å². The van der Waals surface area contributed by atoms with E-state index in [-0.39, 0.29) is 48.7 Å². The Labute approximate surface area is 181 Å². The molecular formula is C18H29F2IN4O3. The first-order chi connectivity index (χ1) is 13.0. The van der Waals surface area contributed by atoms with Gasteiger partial charge in [-0.1, -0.05) is 6.92 Å². The Morgan fingerprint density at radius 1 is 1.14 bits per heavy atom. The number of carbonyl (C=O) groups is 1. The number of ether oxygens (including phenoxy) is 2. The molecule has 0 aliphatic carbocycles. The lowest BCUT2D eigenvalue weighted by atomic mass is 10.2. The summed E-state index contributed by atoms with van der Waals surface area (Å²) in [4.78, 5) is 15.9. The summed E-state index contributed by atoms with van der Waals surface area (Å²) < 4.78 is 35.5. The van der Waals surface area contributed by atoms with Crippen LogP contribution in [0.4, 0.5) is 8.78 Å². The first-order valence-electron chi connectivity index (χ1n) is 8.99.